The average Bonchev–Trinajstić information content (AvgIpc) is 2.04. The molecule has 1 atom stereocenters. The number of rotatable bonds is 4. The van der Waals surface area contributed by atoms with E-state index in [2.05, 4.69) is 13.2 Å². The molecular weight excluding hydrogens is 178 g/mol. The lowest BCUT2D eigenvalue weighted by molar-refractivity contribution is -0.0213. The van der Waals surface area contributed by atoms with Crippen LogP contribution in [0.4, 0.5) is 4.79 Å². The molecule has 0 aliphatic rings. The van der Waals surface area contributed by atoms with Crippen LogP contribution in [0, 0.1) is 0 Å². The Morgan fingerprint density at radius 2 is 2.17 bits per heavy atom. The standard InChI is InChI=1S/C7H11NO3S/c1-3-5-8(10)7(9)12(11)6-4-2/h3-4,10H,1-2,5-6H2. The van der Waals surface area contributed by atoms with Crippen LogP contribution in [0.1, 0.15) is 0 Å². The third-order valence-electron chi connectivity index (χ3n) is 0.977. The molecule has 0 rings (SSSR count). The van der Waals surface area contributed by atoms with Crippen LogP contribution in [0.5, 0.6) is 0 Å². The van der Waals surface area contributed by atoms with Gasteiger partial charge in [0.2, 0.25) is 0 Å². The minimum absolute atomic E-state index is 0.0261. The van der Waals surface area contributed by atoms with Crippen LogP contribution in [0.15, 0.2) is 25.3 Å². The number of carbonyl (C=O) groups is 1. The van der Waals surface area contributed by atoms with Gasteiger partial charge >= 0.3 is 5.24 Å². The van der Waals surface area contributed by atoms with Crippen LogP contribution in [-0.2, 0) is 11.2 Å². The Morgan fingerprint density at radius 3 is 2.58 bits per heavy atom. The smallest absolute Gasteiger partial charge is 0.453 e. The van der Waals surface area contributed by atoms with Gasteiger partial charge in [-0.3, -0.25) is 5.21 Å². The Hall–Kier alpha value is -0.780. The zero-order valence-electron chi connectivity index (χ0n) is 6.60. The molecule has 0 aliphatic carbocycles. The summed E-state index contributed by atoms with van der Waals surface area (Å²) < 4.78 is 10.9. The SMILES string of the molecule is C=CCN(O)C(=O)[S+]([O-])CC=C. The fourth-order valence-corrected chi connectivity index (χ4v) is 1.16. The summed E-state index contributed by atoms with van der Waals surface area (Å²) in [4.78, 5) is 10.9. The van der Waals surface area contributed by atoms with Gasteiger partial charge in [-0.2, -0.15) is 5.06 Å². The van der Waals surface area contributed by atoms with Crippen molar-refractivity contribution in [2.45, 2.75) is 0 Å². The Kier molecular flexibility index (Phi) is 5.44. The maximum Gasteiger partial charge on any atom is 0.453 e. The van der Waals surface area contributed by atoms with Gasteiger partial charge in [0.1, 0.15) is 5.75 Å². The molecule has 1 unspecified atom stereocenters. The summed E-state index contributed by atoms with van der Waals surface area (Å²) in [5, 5.41) is 8.44. The van der Waals surface area contributed by atoms with E-state index in [4.69, 9.17) is 5.21 Å². The largest absolute Gasteiger partial charge is 0.607 e. The van der Waals surface area contributed by atoms with Gasteiger partial charge in [0, 0.05) is 0 Å². The third-order valence-corrected chi connectivity index (χ3v) is 2.12. The molecule has 0 aliphatic heterocycles. The molecular formula is C7H11NO3S. The van der Waals surface area contributed by atoms with E-state index in [0.717, 1.165) is 0 Å². The van der Waals surface area contributed by atoms with Crippen molar-refractivity contribution in [3.05, 3.63) is 25.3 Å². The van der Waals surface area contributed by atoms with Crippen molar-refractivity contribution in [3.8, 4) is 0 Å². The van der Waals surface area contributed by atoms with Crippen LogP contribution in [-0.4, -0.2) is 32.4 Å². The van der Waals surface area contributed by atoms with Crippen molar-refractivity contribution in [1.82, 2.24) is 5.06 Å². The van der Waals surface area contributed by atoms with E-state index < -0.39 is 16.4 Å². The molecule has 0 saturated heterocycles. The molecule has 0 aromatic rings. The highest BCUT2D eigenvalue weighted by molar-refractivity contribution is 8.06. The van der Waals surface area contributed by atoms with Gasteiger partial charge in [-0.25, -0.2) is 4.79 Å². The molecule has 1 N–H and O–H groups in total. The zero-order valence-corrected chi connectivity index (χ0v) is 7.42. The summed E-state index contributed by atoms with van der Waals surface area (Å²) in [5.74, 6) is 0.0486. The van der Waals surface area contributed by atoms with Crippen LogP contribution >= 0.6 is 0 Å². The molecule has 0 radical (unpaired) electrons. The fraction of sp³-hybridized carbons (Fsp3) is 0.286. The maximum absolute atomic E-state index is 10.9. The number of amides is 1. The van der Waals surface area contributed by atoms with Crippen LogP contribution < -0.4 is 0 Å². The Labute approximate surface area is 74.3 Å². The van der Waals surface area contributed by atoms with E-state index in [1.165, 1.54) is 12.2 Å². The van der Waals surface area contributed by atoms with Crippen molar-refractivity contribution in [3.63, 3.8) is 0 Å². The normalized spacial score (nSPS) is 11.8. The van der Waals surface area contributed by atoms with Crippen molar-refractivity contribution in [2.75, 3.05) is 12.3 Å². The Morgan fingerprint density at radius 1 is 1.58 bits per heavy atom. The average molecular weight is 189 g/mol. The molecule has 4 nitrogen and oxygen atoms in total. The number of nitrogens with zero attached hydrogens (tertiary/aromatic N) is 1. The van der Waals surface area contributed by atoms with Gasteiger partial charge in [0.05, 0.1) is 17.7 Å². The minimum Gasteiger partial charge on any atom is -0.607 e. The summed E-state index contributed by atoms with van der Waals surface area (Å²) in [6.07, 6.45) is 2.69. The Bertz CT molecular complexity index is 165. The molecule has 1 amide bonds. The van der Waals surface area contributed by atoms with Gasteiger partial charge in [-0.15, -0.1) is 6.58 Å². The van der Waals surface area contributed by atoms with E-state index in [0.29, 0.717) is 5.06 Å². The van der Waals surface area contributed by atoms with Gasteiger partial charge in [0.15, 0.2) is 0 Å². The van der Waals surface area contributed by atoms with E-state index in [-0.39, 0.29) is 12.3 Å². The molecule has 0 aromatic heterocycles. The van der Waals surface area contributed by atoms with E-state index >= 15 is 0 Å². The zero-order chi connectivity index (χ0) is 9.56. The number of hydrogen-bond donors (Lipinski definition) is 1. The van der Waals surface area contributed by atoms with E-state index in [1.54, 1.807) is 0 Å². The fourth-order valence-electron chi connectivity index (χ4n) is 0.493. The molecule has 0 heterocycles. The second kappa shape index (κ2) is 5.82. The molecule has 68 valence electrons. The van der Waals surface area contributed by atoms with Gasteiger partial charge in [0.25, 0.3) is 0 Å². The van der Waals surface area contributed by atoms with Crippen molar-refractivity contribution >= 4 is 16.4 Å². The second-order valence-electron chi connectivity index (χ2n) is 1.94. The molecule has 0 spiro atoms. The quantitative estimate of drug-likeness (QED) is 0.309. The van der Waals surface area contributed by atoms with Crippen molar-refractivity contribution in [1.29, 1.82) is 0 Å². The summed E-state index contributed by atoms with van der Waals surface area (Å²) in [6.45, 7) is 6.61. The lowest BCUT2D eigenvalue weighted by Gasteiger charge is -2.12. The number of hydroxylamine groups is 2. The minimum atomic E-state index is -1.73. The van der Waals surface area contributed by atoms with Gasteiger partial charge in [-0.1, -0.05) is 12.7 Å². The number of carbonyl (C=O) groups excluding carboxylic acids is 1. The first-order chi connectivity index (χ1) is 5.63. The first-order valence-electron chi connectivity index (χ1n) is 3.24. The highest BCUT2D eigenvalue weighted by atomic mass is 32.2. The summed E-state index contributed by atoms with van der Waals surface area (Å²) >= 11 is -1.73. The highest BCUT2D eigenvalue weighted by Crippen LogP contribution is 1.99. The lowest BCUT2D eigenvalue weighted by Crippen LogP contribution is -2.33. The van der Waals surface area contributed by atoms with Crippen molar-refractivity contribution in [2.24, 2.45) is 0 Å². The molecule has 0 bridgehead atoms. The Balaban J connectivity index is 3.98. The predicted molar refractivity (Wildman–Crippen MR) is 47.3 cm³/mol. The van der Waals surface area contributed by atoms with E-state index in [9.17, 15) is 9.35 Å². The van der Waals surface area contributed by atoms with Gasteiger partial charge < -0.3 is 4.55 Å². The van der Waals surface area contributed by atoms with Crippen LogP contribution in [0.25, 0.3) is 0 Å². The molecule has 0 aromatic carbocycles. The van der Waals surface area contributed by atoms with Crippen molar-refractivity contribution < 1.29 is 14.6 Å². The summed E-state index contributed by atoms with van der Waals surface area (Å²) in [5.41, 5.74) is 0. The highest BCUT2D eigenvalue weighted by Gasteiger charge is 2.22. The monoisotopic (exact) mass is 189 g/mol. The summed E-state index contributed by atoms with van der Waals surface area (Å²) in [6, 6.07) is 0. The van der Waals surface area contributed by atoms with Gasteiger partial charge in [-0.05, 0) is 6.08 Å². The molecule has 5 heteroatoms. The predicted octanol–water partition coefficient (Wildman–Crippen LogP) is 0.918. The number of hydrogen-bond acceptors (Lipinski definition) is 3. The molecule has 0 saturated carbocycles. The van der Waals surface area contributed by atoms with Crippen LogP contribution in [0.3, 0.4) is 0 Å². The van der Waals surface area contributed by atoms with Crippen LogP contribution in [0.2, 0.25) is 0 Å². The summed E-state index contributed by atoms with van der Waals surface area (Å²) in [7, 11) is 0. The third kappa shape index (κ3) is 3.56. The topological polar surface area (TPSA) is 63.6 Å². The molecule has 0 fully saturated rings. The lowest BCUT2D eigenvalue weighted by atomic mass is 10.6. The molecule has 12 heavy (non-hydrogen) atoms. The van der Waals surface area contributed by atoms with E-state index in [1.807, 2.05) is 0 Å². The maximum atomic E-state index is 10.9. The first kappa shape index (κ1) is 11.2. The second-order valence-corrected chi connectivity index (χ2v) is 3.31. The first-order valence-corrected chi connectivity index (χ1v) is 4.56.